The largest absolute Gasteiger partial charge is 0.404 e. The average molecular weight is 342 g/mol. The quantitative estimate of drug-likeness (QED) is 0.692. The molecular weight excluding hydrogens is 330 g/mol. The summed E-state index contributed by atoms with van der Waals surface area (Å²) in [6, 6.07) is 13.4. The summed E-state index contributed by atoms with van der Waals surface area (Å²) in [5.41, 5.74) is 2.47. The van der Waals surface area contributed by atoms with Crippen molar-refractivity contribution in [1.82, 2.24) is 4.98 Å². The molecule has 104 valence electrons. The molecular formula is C17H12BrNO2. The van der Waals surface area contributed by atoms with Crippen molar-refractivity contribution in [3.8, 4) is 0 Å². The summed E-state index contributed by atoms with van der Waals surface area (Å²) >= 11 is 3.33. The fourth-order valence-electron chi connectivity index (χ4n) is 1.98. The van der Waals surface area contributed by atoms with Crippen LogP contribution in [0.1, 0.15) is 17.0 Å². The van der Waals surface area contributed by atoms with Crippen LogP contribution in [0.25, 0.3) is 23.1 Å². The summed E-state index contributed by atoms with van der Waals surface area (Å²) in [5.74, 6) is 0.301. The van der Waals surface area contributed by atoms with E-state index >= 15 is 0 Å². The van der Waals surface area contributed by atoms with Gasteiger partial charge in [0.1, 0.15) is 0 Å². The molecule has 3 rings (SSSR count). The van der Waals surface area contributed by atoms with Gasteiger partial charge in [0.2, 0.25) is 5.89 Å². The van der Waals surface area contributed by atoms with Crippen LogP contribution < -0.4 is 5.63 Å². The molecule has 0 radical (unpaired) electrons. The zero-order valence-electron chi connectivity index (χ0n) is 11.3. The van der Waals surface area contributed by atoms with E-state index in [0.717, 1.165) is 10.0 Å². The normalized spacial score (nSPS) is 11.3. The maximum atomic E-state index is 11.9. The van der Waals surface area contributed by atoms with E-state index in [-0.39, 0.29) is 5.63 Å². The van der Waals surface area contributed by atoms with E-state index in [1.807, 2.05) is 43.3 Å². The van der Waals surface area contributed by atoms with Gasteiger partial charge in [0.05, 0.1) is 10.9 Å². The van der Waals surface area contributed by atoms with Gasteiger partial charge in [0, 0.05) is 10.5 Å². The average Bonchev–Trinajstić information content (AvgIpc) is 2.47. The van der Waals surface area contributed by atoms with Crippen molar-refractivity contribution in [2.24, 2.45) is 0 Å². The van der Waals surface area contributed by atoms with Crippen molar-refractivity contribution in [3.63, 3.8) is 0 Å². The molecule has 0 fully saturated rings. The molecule has 21 heavy (non-hydrogen) atoms. The highest BCUT2D eigenvalue weighted by atomic mass is 79.9. The topological polar surface area (TPSA) is 43.1 Å². The molecule has 0 bridgehead atoms. The molecule has 0 spiro atoms. The molecule has 1 aromatic heterocycles. The van der Waals surface area contributed by atoms with Crippen molar-refractivity contribution in [2.75, 3.05) is 0 Å². The van der Waals surface area contributed by atoms with Gasteiger partial charge in [0.15, 0.2) is 0 Å². The molecule has 2 aromatic carbocycles. The minimum Gasteiger partial charge on any atom is -0.404 e. The number of hydrogen-bond donors (Lipinski definition) is 0. The lowest BCUT2D eigenvalue weighted by atomic mass is 10.1. The SMILES string of the molecule is Cc1ccc(/C=C/c2nc3ccc(Br)cc3c(=O)o2)cc1. The second kappa shape index (κ2) is 5.66. The first kappa shape index (κ1) is 13.8. The molecule has 0 aliphatic rings. The van der Waals surface area contributed by atoms with Crippen molar-refractivity contribution in [2.45, 2.75) is 6.92 Å². The third-order valence-corrected chi connectivity index (χ3v) is 3.60. The van der Waals surface area contributed by atoms with Crippen LogP contribution >= 0.6 is 15.9 Å². The number of fused-ring (bicyclic) bond motifs is 1. The fraction of sp³-hybridized carbons (Fsp3) is 0.0588. The summed E-state index contributed by atoms with van der Waals surface area (Å²) in [7, 11) is 0. The number of hydrogen-bond acceptors (Lipinski definition) is 3. The van der Waals surface area contributed by atoms with Gasteiger partial charge in [-0.3, -0.25) is 0 Å². The Morgan fingerprint density at radius 1 is 1.10 bits per heavy atom. The summed E-state index contributed by atoms with van der Waals surface area (Å²) in [5, 5.41) is 0.469. The van der Waals surface area contributed by atoms with Crippen molar-refractivity contribution >= 4 is 39.0 Å². The van der Waals surface area contributed by atoms with Gasteiger partial charge < -0.3 is 4.42 Å². The van der Waals surface area contributed by atoms with E-state index in [0.29, 0.717) is 16.8 Å². The van der Waals surface area contributed by atoms with Gasteiger partial charge in [-0.1, -0.05) is 45.8 Å². The van der Waals surface area contributed by atoms with Crippen molar-refractivity contribution < 1.29 is 4.42 Å². The van der Waals surface area contributed by atoms with Gasteiger partial charge in [-0.25, -0.2) is 9.78 Å². The summed E-state index contributed by atoms with van der Waals surface area (Å²) in [4.78, 5) is 16.3. The third kappa shape index (κ3) is 3.11. The molecule has 1 heterocycles. The van der Waals surface area contributed by atoms with Crippen LogP contribution in [0.3, 0.4) is 0 Å². The van der Waals surface area contributed by atoms with Crippen LogP contribution in [-0.4, -0.2) is 4.98 Å². The third-order valence-electron chi connectivity index (χ3n) is 3.10. The number of aromatic nitrogens is 1. The second-order valence-electron chi connectivity index (χ2n) is 4.75. The van der Waals surface area contributed by atoms with Crippen LogP contribution in [0.5, 0.6) is 0 Å². The van der Waals surface area contributed by atoms with E-state index in [2.05, 4.69) is 20.9 Å². The Bertz CT molecular complexity index is 879. The molecule has 3 nitrogen and oxygen atoms in total. The predicted octanol–water partition coefficient (Wildman–Crippen LogP) is 4.43. The van der Waals surface area contributed by atoms with Crippen molar-refractivity contribution in [1.29, 1.82) is 0 Å². The predicted molar refractivity (Wildman–Crippen MR) is 88.1 cm³/mol. The summed E-state index contributed by atoms with van der Waals surface area (Å²) in [6.07, 6.45) is 3.57. The van der Waals surface area contributed by atoms with Gasteiger partial charge >= 0.3 is 5.63 Å². The number of benzene rings is 2. The first-order chi connectivity index (χ1) is 10.1. The molecule has 0 saturated heterocycles. The Morgan fingerprint density at radius 2 is 1.86 bits per heavy atom. The first-order valence-corrected chi connectivity index (χ1v) is 7.26. The minimum atomic E-state index is -0.384. The molecule has 3 aromatic rings. The number of aryl methyl sites for hydroxylation is 1. The molecule has 0 saturated carbocycles. The highest BCUT2D eigenvalue weighted by Crippen LogP contribution is 2.16. The number of rotatable bonds is 2. The maximum Gasteiger partial charge on any atom is 0.347 e. The molecule has 0 atom stereocenters. The summed E-state index contributed by atoms with van der Waals surface area (Å²) < 4.78 is 6.04. The monoisotopic (exact) mass is 341 g/mol. The van der Waals surface area contributed by atoms with Gasteiger partial charge in [0.25, 0.3) is 0 Å². The van der Waals surface area contributed by atoms with Gasteiger partial charge in [-0.2, -0.15) is 0 Å². The Morgan fingerprint density at radius 3 is 2.62 bits per heavy atom. The van der Waals surface area contributed by atoms with Crippen LogP contribution in [0.4, 0.5) is 0 Å². The van der Waals surface area contributed by atoms with E-state index in [1.54, 1.807) is 18.2 Å². The number of nitrogens with zero attached hydrogens (tertiary/aromatic N) is 1. The van der Waals surface area contributed by atoms with E-state index < -0.39 is 0 Å². The molecule has 0 amide bonds. The lowest BCUT2D eigenvalue weighted by molar-refractivity contribution is 0.490. The Kier molecular flexibility index (Phi) is 3.71. The molecule has 4 heteroatoms. The zero-order chi connectivity index (χ0) is 14.8. The van der Waals surface area contributed by atoms with Gasteiger partial charge in [-0.05, 0) is 36.8 Å². The second-order valence-corrected chi connectivity index (χ2v) is 5.66. The van der Waals surface area contributed by atoms with E-state index in [4.69, 9.17) is 4.42 Å². The Balaban J connectivity index is 1.99. The molecule has 0 aliphatic heterocycles. The van der Waals surface area contributed by atoms with Crippen molar-refractivity contribution in [3.05, 3.63) is 74.4 Å². The highest BCUT2D eigenvalue weighted by Gasteiger charge is 2.04. The zero-order valence-corrected chi connectivity index (χ0v) is 12.9. The van der Waals surface area contributed by atoms with E-state index in [9.17, 15) is 4.79 Å². The maximum absolute atomic E-state index is 11.9. The standard InChI is InChI=1S/C17H12BrNO2/c1-11-2-4-12(5-3-11)6-9-16-19-15-8-7-13(18)10-14(15)17(20)21-16/h2-10H,1H3/b9-6+. The van der Waals surface area contributed by atoms with Gasteiger partial charge in [-0.15, -0.1) is 0 Å². The highest BCUT2D eigenvalue weighted by molar-refractivity contribution is 9.10. The minimum absolute atomic E-state index is 0.301. The lowest BCUT2D eigenvalue weighted by Crippen LogP contribution is -2.02. The molecule has 0 N–H and O–H groups in total. The molecule has 0 unspecified atom stereocenters. The lowest BCUT2D eigenvalue weighted by Gasteiger charge is -1.98. The number of halogens is 1. The Labute approximate surface area is 130 Å². The summed E-state index contributed by atoms with van der Waals surface area (Å²) in [6.45, 7) is 2.04. The Hall–Kier alpha value is -2.20. The van der Waals surface area contributed by atoms with Crippen LogP contribution in [0.2, 0.25) is 0 Å². The molecule has 0 aliphatic carbocycles. The smallest absolute Gasteiger partial charge is 0.347 e. The first-order valence-electron chi connectivity index (χ1n) is 6.47. The fourth-order valence-corrected chi connectivity index (χ4v) is 2.34. The van der Waals surface area contributed by atoms with E-state index in [1.165, 1.54) is 5.56 Å². The van der Waals surface area contributed by atoms with Crippen LogP contribution in [-0.2, 0) is 0 Å². The van der Waals surface area contributed by atoms with Crippen LogP contribution in [0.15, 0.2) is 56.1 Å². The van der Waals surface area contributed by atoms with Crippen LogP contribution in [0, 0.1) is 6.92 Å².